The van der Waals surface area contributed by atoms with Crippen LogP contribution in [0.25, 0.3) is 10.2 Å². The van der Waals surface area contributed by atoms with E-state index >= 15 is 0 Å². The highest BCUT2D eigenvalue weighted by atomic mass is 32.1. The lowest BCUT2D eigenvalue weighted by Crippen LogP contribution is -2.34. The fraction of sp³-hybridized carbons (Fsp3) is 0.364. The van der Waals surface area contributed by atoms with Crippen LogP contribution in [-0.4, -0.2) is 32.7 Å². The molecule has 2 aromatic rings. The highest BCUT2D eigenvalue weighted by molar-refractivity contribution is 7.80. The van der Waals surface area contributed by atoms with Gasteiger partial charge in [-0.15, -0.1) is 5.10 Å². The predicted molar refractivity (Wildman–Crippen MR) is 76.6 cm³/mol. The zero-order chi connectivity index (χ0) is 12.3. The van der Waals surface area contributed by atoms with Crippen molar-refractivity contribution in [3.63, 3.8) is 0 Å². The Morgan fingerprint density at radius 3 is 2.88 bits per heavy atom. The zero-order valence-electron chi connectivity index (χ0n) is 9.80. The van der Waals surface area contributed by atoms with Crippen molar-refractivity contribution in [3.05, 3.63) is 18.2 Å². The number of fused-ring (bicyclic) bond motifs is 1. The van der Waals surface area contributed by atoms with E-state index in [1.807, 2.05) is 18.2 Å². The van der Waals surface area contributed by atoms with Crippen LogP contribution >= 0.6 is 23.8 Å². The summed E-state index contributed by atoms with van der Waals surface area (Å²) in [7, 11) is 0. The fourth-order valence-electron chi connectivity index (χ4n) is 1.57. The normalized spacial score (nSPS) is 10.5. The Morgan fingerprint density at radius 1 is 1.41 bits per heavy atom. The third-order valence-corrected chi connectivity index (χ3v) is 3.61. The number of hydrogen-bond acceptors (Lipinski definition) is 4. The van der Waals surface area contributed by atoms with Gasteiger partial charge in [0.2, 0.25) is 0 Å². The van der Waals surface area contributed by atoms with E-state index in [2.05, 4.69) is 33.7 Å². The van der Waals surface area contributed by atoms with Gasteiger partial charge >= 0.3 is 0 Å². The maximum Gasteiger partial charge on any atom is 0.173 e. The first-order valence-corrected chi connectivity index (χ1v) is 6.70. The third kappa shape index (κ3) is 2.70. The molecule has 0 aliphatic heterocycles. The first kappa shape index (κ1) is 12.2. The van der Waals surface area contributed by atoms with Crippen molar-refractivity contribution in [1.82, 2.24) is 14.5 Å². The molecule has 0 aliphatic carbocycles. The summed E-state index contributed by atoms with van der Waals surface area (Å²) in [6.07, 6.45) is 0. The molecule has 0 saturated carbocycles. The van der Waals surface area contributed by atoms with Gasteiger partial charge < -0.3 is 10.2 Å². The molecule has 1 N–H and O–H groups in total. The maximum absolute atomic E-state index is 5.34. The van der Waals surface area contributed by atoms with Crippen LogP contribution in [-0.2, 0) is 0 Å². The summed E-state index contributed by atoms with van der Waals surface area (Å²) >= 11 is 6.74. The molecule has 4 nitrogen and oxygen atoms in total. The van der Waals surface area contributed by atoms with E-state index in [-0.39, 0.29) is 0 Å². The van der Waals surface area contributed by atoms with Crippen molar-refractivity contribution in [1.29, 1.82) is 0 Å². The summed E-state index contributed by atoms with van der Waals surface area (Å²) in [5.74, 6) is 0. The Hall–Kier alpha value is -1.27. The molecule has 90 valence electrons. The lowest BCUT2D eigenvalue weighted by molar-refractivity contribution is 0.473. The average molecular weight is 266 g/mol. The Balaban J connectivity index is 2.14. The molecule has 1 aromatic carbocycles. The molecular weight excluding hydrogens is 252 g/mol. The van der Waals surface area contributed by atoms with Gasteiger partial charge in [0.25, 0.3) is 0 Å². The number of hydrogen-bond donors (Lipinski definition) is 1. The largest absolute Gasteiger partial charge is 0.350 e. The lowest BCUT2D eigenvalue weighted by Gasteiger charge is -2.22. The predicted octanol–water partition coefficient (Wildman–Crippen LogP) is 2.73. The van der Waals surface area contributed by atoms with Gasteiger partial charge in [-0.2, -0.15) is 0 Å². The molecule has 1 heterocycles. The fourth-order valence-corrected chi connectivity index (χ4v) is 2.49. The molecule has 0 atom stereocenters. The van der Waals surface area contributed by atoms with Gasteiger partial charge in [-0.25, -0.2) is 0 Å². The second-order valence-corrected chi connectivity index (χ2v) is 4.73. The molecule has 0 unspecified atom stereocenters. The van der Waals surface area contributed by atoms with E-state index in [1.165, 1.54) is 11.5 Å². The molecule has 0 fully saturated rings. The van der Waals surface area contributed by atoms with Crippen LogP contribution in [0.15, 0.2) is 18.2 Å². The number of nitrogens with zero attached hydrogens (tertiary/aromatic N) is 3. The Kier molecular flexibility index (Phi) is 3.86. The first-order chi connectivity index (χ1) is 8.24. The maximum atomic E-state index is 5.34. The summed E-state index contributed by atoms with van der Waals surface area (Å²) < 4.78 is 5.00. The van der Waals surface area contributed by atoms with E-state index < -0.39 is 0 Å². The van der Waals surface area contributed by atoms with Crippen molar-refractivity contribution in [3.8, 4) is 0 Å². The van der Waals surface area contributed by atoms with Gasteiger partial charge in [-0.3, -0.25) is 0 Å². The second-order valence-electron chi connectivity index (χ2n) is 3.56. The summed E-state index contributed by atoms with van der Waals surface area (Å²) in [6, 6.07) is 5.97. The van der Waals surface area contributed by atoms with Gasteiger partial charge in [0, 0.05) is 18.8 Å². The van der Waals surface area contributed by atoms with Crippen LogP contribution < -0.4 is 5.32 Å². The van der Waals surface area contributed by atoms with Crippen molar-refractivity contribution in [2.45, 2.75) is 13.8 Å². The van der Waals surface area contributed by atoms with Crippen molar-refractivity contribution < 1.29 is 0 Å². The number of benzene rings is 1. The van der Waals surface area contributed by atoms with Gasteiger partial charge in [-0.1, -0.05) is 4.49 Å². The van der Waals surface area contributed by atoms with E-state index in [0.717, 1.165) is 34.1 Å². The Labute approximate surface area is 110 Å². The molecule has 17 heavy (non-hydrogen) atoms. The van der Waals surface area contributed by atoms with Crippen LogP contribution in [0.4, 0.5) is 5.69 Å². The van der Waals surface area contributed by atoms with Crippen LogP contribution in [0.3, 0.4) is 0 Å². The molecule has 0 saturated heterocycles. The summed E-state index contributed by atoms with van der Waals surface area (Å²) in [4.78, 5) is 2.10. The monoisotopic (exact) mass is 266 g/mol. The van der Waals surface area contributed by atoms with Gasteiger partial charge in [-0.05, 0) is 55.8 Å². The summed E-state index contributed by atoms with van der Waals surface area (Å²) in [6.45, 7) is 5.99. The van der Waals surface area contributed by atoms with E-state index in [0.29, 0.717) is 0 Å². The average Bonchev–Trinajstić information content (AvgIpc) is 2.77. The highest BCUT2D eigenvalue weighted by Gasteiger charge is 2.06. The molecule has 0 aliphatic rings. The van der Waals surface area contributed by atoms with E-state index in [1.54, 1.807) is 0 Å². The molecular formula is C11H14N4S2. The Bertz CT molecular complexity index is 519. The molecule has 0 amide bonds. The zero-order valence-corrected chi connectivity index (χ0v) is 11.4. The quantitative estimate of drug-likeness (QED) is 0.865. The second kappa shape index (κ2) is 5.37. The minimum atomic E-state index is 0.748. The molecule has 0 spiro atoms. The van der Waals surface area contributed by atoms with Crippen LogP contribution in [0, 0.1) is 0 Å². The van der Waals surface area contributed by atoms with Gasteiger partial charge in [0.15, 0.2) is 5.11 Å². The van der Waals surface area contributed by atoms with Crippen LogP contribution in [0.1, 0.15) is 13.8 Å². The first-order valence-electron chi connectivity index (χ1n) is 5.52. The van der Waals surface area contributed by atoms with Gasteiger partial charge in [0.1, 0.15) is 5.52 Å². The van der Waals surface area contributed by atoms with Crippen molar-refractivity contribution in [2.24, 2.45) is 0 Å². The third-order valence-electron chi connectivity index (χ3n) is 2.55. The molecule has 0 bridgehead atoms. The Morgan fingerprint density at radius 2 is 2.18 bits per heavy atom. The number of nitrogens with one attached hydrogen (secondary N) is 1. The van der Waals surface area contributed by atoms with Crippen LogP contribution in [0.5, 0.6) is 0 Å². The molecule has 2 rings (SSSR count). The standard InChI is InChI=1S/C11H14N4S2/c1-3-15(4-2)11(16)12-8-5-6-10-9(7-8)13-14-17-10/h5-7H,3-4H2,1-2H3,(H,12,16). The SMILES string of the molecule is CCN(CC)C(=S)Nc1ccc2snnc2c1. The summed E-state index contributed by atoms with van der Waals surface area (Å²) in [5.41, 5.74) is 1.87. The van der Waals surface area contributed by atoms with Crippen LogP contribution in [0.2, 0.25) is 0 Å². The summed E-state index contributed by atoms with van der Waals surface area (Å²) in [5, 5.41) is 8.01. The highest BCUT2D eigenvalue weighted by Crippen LogP contribution is 2.19. The minimum Gasteiger partial charge on any atom is -0.350 e. The lowest BCUT2D eigenvalue weighted by atomic mass is 10.3. The van der Waals surface area contributed by atoms with E-state index in [9.17, 15) is 0 Å². The smallest absolute Gasteiger partial charge is 0.173 e. The molecule has 0 radical (unpaired) electrons. The van der Waals surface area contributed by atoms with Crippen molar-refractivity contribution >= 4 is 44.8 Å². The topological polar surface area (TPSA) is 41.0 Å². The number of anilines is 1. The minimum absolute atomic E-state index is 0.748. The number of rotatable bonds is 3. The van der Waals surface area contributed by atoms with Crippen molar-refractivity contribution in [2.75, 3.05) is 18.4 Å². The van der Waals surface area contributed by atoms with Gasteiger partial charge in [0.05, 0.1) is 4.70 Å². The molecule has 6 heteroatoms. The number of aromatic nitrogens is 2. The molecule has 1 aromatic heterocycles. The number of thiocarbonyl (C=S) groups is 1. The van der Waals surface area contributed by atoms with E-state index in [4.69, 9.17) is 12.2 Å².